The van der Waals surface area contributed by atoms with E-state index in [-0.39, 0.29) is 5.91 Å². The van der Waals surface area contributed by atoms with Crippen LogP contribution >= 0.6 is 11.6 Å². The zero-order valence-electron chi connectivity index (χ0n) is 19.0. The zero-order chi connectivity index (χ0) is 23.3. The number of piperazine rings is 1. The Hall–Kier alpha value is -3.41. The molecule has 1 amide bonds. The van der Waals surface area contributed by atoms with Crippen LogP contribution < -0.4 is 10.3 Å². The van der Waals surface area contributed by atoms with E-state index in [0.29, 0.717) is 6.42 Å². The molecule has 172 valence electrons. The van der Waals surface area contributed by atoms with Gasteiger partial charge in [-0.15, -0.1) is 0 Å². The van der Waals surface area contributed by atoms with E-state index in [9.17, 15) is 4.79 Å². The van der Waals surface area contributed by atoms with E-state index in [1.165, 1.54) is 5.69 Å². The molecule has 0 aromatic heterocycles. The standard InChI is InChI=1S/C28H27ClN4O/c29-28-24-12-6-4-10-22(24)26(23-11-5-7-13-25(23)28)20-30-31-27(34)14-15-32-16-18-33(19-17-32)21-8-2-1-3-9-21/h1-13,20H,14-19H2,(H,31,34)/b30-20+. The Morgan fingerprint density at radius 1 is 0.824 bits per heavy atom. The van der Waals surface area contributed by atoms with Gasteiger partial charge in [-0.3, -0.25) is 9.69 Å². The third-order valence-electron chi connectivity index (χ3n) is 6.44. The molecule has 1 N–H and O–H groups in total. The molecular formula is C28H27ClN4O. The molecule has 5 nitrogen and oxygen atoms in total. The number of benzene rings is 4. The predicted molar refractivity (Wildman–Crippen MR) is 142 cm³/mol. The summed E-state index contributed by atoms with van der Waals surface area (Å²) in [5, 5.41) is 9.01. The summed E-state index contributed by atoms with van der Waals surface area (Å²) >= 11 is 6.67. The van der Waals surface area contributed by atoms with Crippen molar-refractivity contribution in [1.29, 1.82) is 0 Å². The van der Waals surface area contributed by atoms with Crippen molar-refractivity contribution < 1.29 is 4.79 Å². The van der Waals surface area contributed by atoms with E-state index in [0.717, 1.165) is 64.9 Å². The number of halogens is 1. The van der Waals surface area contributed by atoms with Gasteiger partial charge in [0.05, 0.1) is 11.2 Å². The van der Waals surface area contributed by atoms with E-state index < -0.39 is 0 Å². The molecule has 1 fully saturated rings. The zero-order valence-corrected chi connectivity index (χ0v) is 19.7. The van der Waals surface area contributed by atoms with Crippen LogP contribution in [-0.2, 0) is 4.79 Å². The minimum Gasteiger partial charge on any atom is -0.369 e. The molecule has 5 rings (SSSR count). The van der Waals surface area contributed by atoms with Crippen LogP contribution in [0.1, 0.15) is 12.0 Å². The maximum absolute atomic E-state index is 12.5. The molecule has 0 atom stereocenters. The van der Waals surface area contributed by atoms with Gasteiger partial charge in [0.1, 0.15) is 0 Å². The summed E-state index contributed by atoms with van der Waals surface area (Å²) < 4.78 is 0. The van der Waals surface area contributed by atoms with Crippen molar-refractivity contribution >= 4 is 51.0 Å². The normalized spacial score (nSPS) is 14.8. The lowest BCUT2D eigenvalue weighted by molar-refractivity contribution is -0.121. The number of amides is 1. The first-order valence-electron chi connectivity index (χ1n) is 11.6. The first kappa shape index (κ1) is 22.4. The minimum absolute atomic E-state index is 0.0793. The molecule has 0 bridgehead atoms. The van der Waals surface area contributed by atoms with Crippen LogP contribution in [0.5, 0.6) is 0 Å². The highest BCUT2D eigenvalue weighted by Crippen LogP contribution is 2.35. The van der Waals surface area contributed by atoms with Crippen molar-refractivity contribution in [3.05, 3.63) is 89.4 Å². The number of para-hydroxylation sites is 1. The summed E-state index contributed by atoms with van der Waals surface area (Å²) in [6.45, 7) is 4.58. The summed E-state index contributed by atoms with van der Waals surface area (Å²) in [7, 11) is 0. The molecule has 0 spiro atoms. The lowest BCUT2D eigenvalue weighted by Gasteiger charge is -2.36. The summed E-state index contributed by atoms with van der Waals surface area (Å²) in [6, 6.07) is 26.5. The third kappa shape index (κ3) is 4.76. The number of carbonyl (C=O) groups excluding carboxylic acids is 1. The molecule has 34 heavy (non-hydrogen) atoms. The van der Waals surface area contributed by atoms with Crippen LogP contribution in [0.15, 0.2) is 84.0 Å². The molecular weight excluding hydrogens is 444 g/mol. The molecule has 0 unspecified atom stereocenters. The molecule has 1 aliphatic heterocycles. The number of carbonyl (C=O) groups is 1. The summed E-state index contributed by atoms with van der Waals surface area (Å²) in [6.07, 6.45) is 2.16. The van der Waals surface area contributed by atoms with Gasteiger partial charge in [0, 0.05) is 61.2 Å². The Balaban J connectivity index is 1.20. The van der Waals surface area contributed by atoms with Crippen molar-refractivity contribution in [3.8, 4) is 0 Å². The molecule has 1 heterocycles. The predicted octanol–water partition coefficient (Wildman–Crippen LogP) is 5.31. The van der Waals surface area contributed by atoms with E-state index in [4.69, 9.17) is 11.6 Å². The van der Waals surface area contributed by atoms with Crippen molar-refractivity contribution in [1.82, 2.24) is 10.3 Å². The van der Waals surface area contributed by atoms with E-state index in [1.54, 1.807) is 6.21 Å². The molecule has 6 heteroatoms. The van der Waals surface area contributed by atoms with Crippen LogP contribution in [0.2, 0.25) is 5.02 Å². The number of fused-ring (bicyclic) bond motifs is 2. The molecule has 0 aliphatic carbocycles. The Morgan fingerprint density at radius 3 is 2.00 bits per heavy atom. The fourth-order valence-electron chi connectivity index (χ4n) is 4.60. The third-order valence-corrected chi connectivity index (χ3v) is 6.85. The van der Waals surface area contributed by atoms with Gasteiger partial charge in [-0.25, -0.2) is 5.43 Å². The average Bonchev–Trinajstić information content (AvgIpc) is 2.90. The number of hydrazone groups is 1. The molecule has 4 aromatic rings. The van der Waals surface area contributed by atoms with Crippen molar-refractivity contribution in [3.63, 3.8) is 0 Å². The van der Waals surface area contributed by atoms with Gasteiger partial charge >= 0.3 is 0 Å². The Labute approximate surface area is 204 Å². The molecule has 1 aliphatic rings. The van der Waals surface area contributed by atoms with Crippen LogP contribution in [0.3, 0.4) is 0 Å². The quantitative estimate of drug-likeness (QED) is 0.236. The van der Waals surface area contributed by atoms with Gasteiger partial charge in [-0.2, -0.15) is 5.10 Å². The van der Waals surface area contributed by atoms with Crippen LogP contribution in [0.25, 0.3) is 21.5 Å². The van der Waals surface area contributed by atoms with Gasteiger partial charge in [-0.05, 0) is 22.9 Å². The number of rotatable bonds is 6. The van der Waals surface area contributed by atoms with Crippen LogP contribution in [0, 0.1) is 0 Å². The Bertz CT molecular complexity index is 1270. The van der Waals surface area contributed by atoms with Gasteiger partial charge in [0.2, 0.25) is 5.91 Å². The van der Waals surface area contributed by atoms with Gasteiger partial charge in [0.25, 0.3) is 0 Å². The van der Waals surface area contributed by atoms with Gasteiger partial charge < -0.3 is 4.90 Å². The van der Waals surface area contributed by atoms with E-state index >= 15 is 0 Å². The van der Waals surface area contributed by atoms with Crippen LogP contribution in [-0.4, -0.2) is 49.7 Å². The summed E-state index contributed by atoms with van der Waals surface area (Å²) in [4.78, 5) is 17.2. The monoisotopic (exact) mass is 470 g/mol. The number of hydrogen-bond donors (Lipinski definition) is 1. The lowest BCUT2D eigenvalue weighted by Crippen LogP contribution is -2.47. The van der Waals surface area contributed by atoms with E-state index in [1.807, 2.05) is 54.6 Å². The highest BCUT2D eigenvalue weighted by atomic mass is 35.5. The highest BCUT2D eigenvalue weighted by molar-refractivity contribution is 6.42. The summed E-state index contributed by atoms with van der Waals surface area (Å²) in [5.41, 5.74) is 4.92. The SMILES string of the molecule is O=C(CCN1CCN(c2ccccc2)CC1)N/N=C/c1c2ccccc2c(Cl)c2ccccc12. The molecule has 0 radical (unpaired) electrons. The average molecular weight is 471 g/mol. The molecule has 0 saturated carbocycles. The Kier molecular flexibility index (Phi) is 6.74. The largest absolute Gasteiger partial charge is 0.369 e. The second-order valence-corrected chi connectivity index (χ2v) is 8.90. The topological polar surface area (TPSA) is 47.9 Å². The van der Waals surface area contributed by atoms with Gasteiger partial charge in [-0.1, -0.05) is 78.3 Å². The number of anilines is 1. The Morgan fingerprint density at radius 2 is 1.38 bits per heavy atom. The number of nitrogens with one attached hydrogen (secondary N) is 1. The first-order chi connectivity index (χ1) is 16.7. The van der Waals surface area contributed by atoms with Crippen molar-refractivity contribution in [2.75, 3.05) is 37.6 Å². The van der Waals surface area contributed by atoms with Gasteiger partial charge in [0.15, 0.2) is 0 Å². The molecule has 1 saturated heterocycles. The smallest absolute Gasteiger partial charge is 0.241 e. The number of hydrogen-bond acceptors (Lipinski definition) is 4. The van der Waals surface area contributed by atoms with Crippen molar-refractivity contribution in [2.24, 2.45) is 5.10 Å². The maximum atomic E-state index is 12.5. The highest BCUT2D eigenvalue weighted by Gasteiger charge is 2.17. The van der Waals surface area contributed by atoms with E-state index in [2.05, 4.69) is 44.6 Å². The van der Waals surface area contributed by atoms with Crippen LogP contribution in [0.4, 0.5) is 5.69 Å². The summed E-state index contributed by atoms with van der Waals surface area (Å²) in [5.74, 6) is -0.0793. The maximum Gasteiger partial charge on any atom is 0.241 e. The lowest BCUT2D eigenvalue weighted by atomic mass is 9.97. The minimum atomic E-state index is -0.0793. The fourth-order valence-corrected chi connectivity index (χ4v) is 4.93. The second kappa shape index (κ2) is 10.2. The number of nitrogens with zero attached hydrogens (tertiary/aromatic N) is 3. The van der Waals surface area contributed by atoms with Crippen molar-refractivity contribution in [2.45, 2.75) is 6.42 Å². The fraction of sp³-hybridized carbons (Fsp3) is 0.214. The first-order valence-corrected chi connectivity index (χ1v) is 12.0. The molecule has 4 aromatic carbocycles. The second-order valence-electron chi connectivity index (χ2n) is 8.53.